The second-order valence-electron chi connectivity index (χ2n) is 3.32. The quantitative estimate of drug-likeness (QED) is 0.869. The lowest BCUT2D eigenvalue weighted by Gasteiger charge is -2.09. The zero-order valence-electron chi connectivity index (χ0n) is 8.06. The first-order chi connectivity index (χ1) is 7.27. The lowest BCUT2D eigenvalue weighted by atomic mass is 10.0. The monoisotopic (exact) mass is 222 g/mol. The molecule has 3 nitrogen and oxygen atoms in total. The summed E-state index contributed by atoms with van der Waals surface area (Å²) in [5.41, 5.74) is 7.92. The van der Waals surface area contributed by atoms with E-state index < -0.39 is 0 Å². The summed E-state index contributed by atoms with van der Waals surface area (Å²) in [4.78, 5) is 4.03. The first kappa shape index (κ1) is 10.2. The fourth-order valence-corrected chi connectivity index (χ4v) is 1.71. The Labute approximate surface area is 92.9 Å². The van der Waals surface area contributed by atoms with Gasteiger partial charge in [-0.05, 0) is 35.7 Å². The molecule has 0 saturated carbocycles. The van der Waals surface area contributed by atoms with Crippen molar-refractivity contribution in [1.82, 2.24) is 4.98 Å². The molecule has 4 heteroatoms. The second-order valence-corrected chi connectivity index (χ2v) is 3.66. The number of furan rings is 1. The van der Waals surface area contributed by atoms with Gasteiger partial charge in [0.25, 0.3) is 0 Å². The van der Waals surface area contributed by atoms with Crippen molar-refractivity contribution in [3.8, 4) is 0 Å². The predicted octanol–water partition coefficient (Wildman–Crippen LogP) is 2.57. The minimum Gasteiger partial charge on any atom is -0.453 e. The smallest absolute Gasteiger partial charge is 0.197 e. The zero-order chi connectivity index (χ0) is 10.7. The van der Waals surface area contributed by atoms with Crippen molar-refractivity contribution in [2.75, 3.05) is 0 Å². The summed E-state index contributed by atoms with van der Waals surface area (Å²) in [6, 6.07) is 5.52. The van der Waals surface area contributed by atoms with Crippen LogP contribution in [0.15, 0.2) is 41.3 Å². The molecule has 2 aromatic heterocycles. The van der Waals surface area contributed by atoms with Crippen LogP contribution in [0.5, 0.6) is 0 Å². The Morgan fingerprint density at radius 1 is 1.47 bits per heavy atom. The molecular weight excluding hydrogens is 212 g/mol. The van der Waals surface area contributed by atoms with Gasteiger partial charge in [0, 0.05) is 24.0 Å². The van der Waals surface area contributed by atoms with Crippen LogP contribution in [0.25, 0.3) is 0 Å². The highest BCUT2D eigenvalue weighted by molar-refractivity contribution is 6.29. The molecule has 0 bridgehead atoms. The average Bonchev–Trinajstić information content (AvgIpc) is 2.66. The molecule has 1 unspecified atom stereocenters. The van der Waals surface area contributed by atoms with Gasteiger partial charge in [-0.15, -0.1) is 0 Å². The number of rotatable bonds is 3. The van der Waals surface area contributed by atoms with Gasteiger partial charge in [0.05, 0.1) is 6.26 Å². The third-order valence-electron chi connectivity index (χ3n) is 2.22. The standard InChI is InChI=1S/C11H11ClN2O/c12-11-9(3-5-15-11)10(13)6-8-2-1-4-14-7-8/h1-5,7,10H,6,13H2. The second kappa shape index (κ2) is 4.47. The number of halogens is 1. The Morgan fingerprint density at radius 3 is 2.93 bits per heavy atom. The molecule has 0 aliphatic rings. The van der Waals surface area contributed by atoms with Crippen LogP contribution in [0.3, 0.4) is 0 Å². The van der Waals surface area contributed by atoms with Crippen molar-refractivity contribution in [2.24, 2.45) is 5.73 Å². The third-order valence-corrected chi connectivity index (χ3v) is 2.53. The van der Waals surface area contributed by atoms with Gasteiger partial charge in [-0.1, -0.05) is 6.07 Å². The van der Waals surface area contributed by atoms with Crippen molar-refractivity contribution in [2.45, 2.75) is 12.5 Å². The molecule has 2 rings (SSSR count). The lowest BCUT2D eigenvalue weighted by molar-refractivity contribution is 0.560. The molecule has 1 atom stereocenters. The summed E-state index contributed by atoms with van der Waals surface area (Å²) in [5, 5.41) is 0.367. The molecule has 0 aromatic carbocycles. The highest BCUT2D eigenvalue weighted by Gasteiger charge is 2.12. The number of nitrogens with zero attached hydrogens (tertiary/aromatic N) is 1. The Hall–Kier alpha value is -1.32. The molecule has 0 radical (unpaired) electrons. The molecule has 2 N–H and O–H groups in total. The third kappa shape index (κ3) is 2.37. The van der Waals surface area contributed by atoms with Crippen LogP contribution < -0.4 is 5.73 Å². The maximum atomic E-state index is 6.00. The minimum atomic E-state index is -0.152. The Morgan fingerprint density at radius 2 is 2.33 bits per heavy atom. The zero-order valence-corrected chi connectivity index (χ0v) is 8.82. The molecule has 78 valence electrons. The van der Waals surface area contributed by atoms with E-state index in [4.69, 9.17) is 21.8 Å². The van der Waals surface area contributed by atoms with E-state index in [2.05, 4.69) is 4.98 Å². The molecule has 0 aliphatic heterocycles. The summed E-state index contributed by atoms with van der Waals surface area (Å²) in [6.45, 7) is 0. The van der Waals surface area contributed by atoms with Crippen molar-refractivity contribution >= 4 is 11.6 Å². The van der Waals surface area contributed by atoms with Gasteiger partial charge in [-0.25, -0.2) is 0 Å². The van der Waals surface area contributed by atoms with E-state index in [1.165, 1.54) is 0 Å². The summed E-state index contributed by atoms with van der Waals surface area (Å²) in [6.07, 6.45) is 5.78. The maximum Gasteiger partial charge on any atom is 0.197 e. The van der Waals surface area contributed by atoms with Crippen LogP contribution in [-0.2, 0) is 6.42 Å². The van der Waals surface area contributed by atoms with Crippen molar-refractivity contribution in [3.05, 3.63) is 53.2 Å². The van der Waals surface area contributed by atoms with Crippen LogP contribution in [0, 0.1) is 0 Å². The number of aromatic nitrogens is 1. The number of pyridine rings is 1. The lowest BCUT2D eigenvalue weighted by Crippen LogP contribution is -2.12. The molecule has 0 aliphatic carbocycles. The summed E-state index contributed by atoms with van der Waals surface area (Å²) >= 11 is 5.84. The van der Waals surface area contributed by atoms with Gasteiger partial charge in [-0.3, -0.25) is 4.98 Å². The molecular formula is C11H11ClN2O. The minimum absolute atomic E-state index is 0.152. The van der Waals surface area contributed by atoms with Crippen LogP contribution in [0.4, 0.5) is 0 Å². The molecule has 15 heavy (non-hydrogen) atoms. The highest BCUT2D eigenvalue weighted by atomic mass is 35.5. The number of hydrogen-bond acceptors (Lipinski definition) is 3. The van der Waals surface area contributed by atoms with Crippen molar-refractivity contribution < 1.29 is 4.42 Å². The van der Waals surface area contributed by atoms with Crippen LogP contribution in [-0.4, -0.2) is 4.98 Å². The van der Waals surface area contributed by atoms with Gasteiger partial charge in [0.2, 0.25) is 0 Å². The Balaban J connectivity index is 2.11. The van der Waals surface area contributed by atoms with E-state index in [9.17, 15) is 0 Å². The molecule has 0 spiro atoms. The molecule has 2 aromatic rings. The SMILES string of the molecule is NC(Cc1cccnc1)c1ccoc1Cl. The largest absolute Gasteiger partial charge is 0.453 e. The van der Waals surface area contributed by atoms with Gasteiger partial charge in [-0.2, -0.15) is 0 Å². The fraction of sp³-hybridized carbons (Fsp3) is 0.182. The summed E-state index contributed by atoms with van der Waals surface area (Å²) in [7, 11) is 0. The van der Waals surface area contributed by atoms with Gasteiger partial charge in [0.1, 0.15) is 0 Å². The normalized spacial score (nSPS) is 12.7. The van der Waals surface area contributed by atoms with E-state index in [1.807, 2.05) is 12.1 Å². The number of hydrogen-bond donors (Lipinski definition) is 1. The molecule has 2 heterocycles. The maximum absolute atomic E-state index is 6.00. The van der Waals surface area contributed by atoms with E-state index in [1.54, 1.807) is 24.7 Å². The topological polar surface area (TPSA) is 52.0 Å². The Kier molecular flexibility index (Phi) is 3.04. The van der Waals surface area contributed by atoms with Crippen molar-refractivity contribution in [3.63, 3.8) is 0 Å². The fourth-order valence-electron chi connectivity index (χ4n) is 1.45. The van der Waals surface area contributed by atoms with Gasteiger partial charge >= 0.3 is 0 Å². The summed E-state index contributed by atoms with van der Waals surface area (Å²) in [5.74, 6) is 0. The highest BCUT2D eigenvalue weighted by Crippen LogP contribution is 2.24. The van der Waals surface area contributed by atoms with E-state index in [0.717, 1.165) is 11.1 Å². The molecule has 0 fully saturated rings. The van der Waals surface area contributed by atoms with Crippen LogP contribution >= 0.6 is 11.6 Å². The molecule has 0 amide bonds. The van der Waals surface area contributed by atoms with Crippen LogP contribution in [0.1, 0.15) is 17.2 Å². The molecule has 0 saturated heterocycles. The Bertz CT molecular complexity index is 427. The van der Waals surface area contributed by atoms with Crippen molar-refractivity contribution in [1.29, 1.82) is 0 Å². The first-order valence-corrected chi connectivity index (χ1v) is 5.02. The average molecular weight is 223 g/mol. The summed E-state index contributed by atoms with van der Waals surface area (Å²) < 4.78 is 4.99. The van der Waals surface area contributed by atoms with E-state index in [-0.39, 0.29) is 6.04 Å². The van der Waals surface area contributed by atoms with Gasteiger partial charge < -0.3 is 10.2 Å². The predicted molar refractivity (Wildman–Crippen MR) is 58.6 cm³/mol. The number of nitrogens with two attached hydrogens (primary N) is 1. The first-order valence-electron chi connectivity index (χ1n) is 4.65. The van der Waals surface area contributed by atoms with Gasteiger partial charge in [0.15, 0.2) is 5.22 Å². The van der Waals surface area contributed by atoms with E-state index >= 15 is 0 Å². The van der Waals surface area contributed by atoms with E-state index in [0.29, 0.717) is 11.6 Å². The van der Waals surface area contributed by atoms with Crippen LogP contribution in [0.2, 0.25) is 5.22 Å².